The molecule has 0 saturated heterocycles. The quantitative estimate of drug-likeness (QED) is 0.590. The van der Waals surface area contributed by atoms with Crippen LogP contribution in [0, 0.1) is 0 Å². The van der Waals surface area contributed by atoms with E-state index in [1.165, 1.54) is 0 Å². The number of hydrogen-bond acceptors (Lipinski definition) is 3. The van der Waals surface area contributed by atoms with Gasteiger partial charge in [0.2, 0.25) is 0 Å². The van der Waals surface area contributed by atoms with Crippen molar-refractivity contribution in [2.24, 2.45) is 5.73 Å². The largest absolute Gasteiger partial charge is 0.423 e. The Morgan fingerprint density at radius 2 is 1.64 bits per heavy atom. The Morgan fingerprint density at radius 3 is 2.36 bits per heavy atom. The normalized spacial score (nSPS) is 10.6. The van der Waals surface area contributed by atoms with E-state index in [9.17, 15) is 4.79 Å². The van der Waals surface area contributed by atoms with Gasteiger partial charge < -0.3 is 10.5 Å². The van der Waals surface area contributed by atoms with Gasteiger partial charge in [-0.1, -0.05) is 42.5 Å². The van der Waals surface area contributed by atoms with E-state index in [1.807, 2.05) is 48.5 Å². The Balaban J connectivity index is 1.77. The topological polar surface area (TPSA) is 52.3 Å². The maximum Gasteiger partial charge on any atom is 0.343 e. The first kappa shape index (κ1) is 14.3. The molecular formula is C19H17NO2. The molecule has 0 heterocycles. The van der Waals surface area contributed by atoms with Crippen molar-refractivity contribution in [3.05, 3.63) is 77.9 Å². The highest BCUT2D eigenvalue weighted by molar-refractivity contribution is 5.96. The Labute approximate surface area is 129 Å². The SMILES string of the molecule is NCCc1ccc(OC(=O)c2ccc3ccccc3c2)cc1. The summed E-state index contributed by atoms with van der Waals surface area (Å²) in [5.41, 5.74) is 7.19. The fourth-order valence-electron chi connectivity index (χ4n) is 2.37. The van der Waals surface area contributed by atoms with Gasteiger partial charge >= 0.3 is 5.97 Å². The summed E-state index contributed by atoms with van der Waals surface area (Å²) in [4.78, 5) is 12.2. The second kappa shape index (κ2) is 6.41. The van der Waals surface area contributed by atoms with Crippen molar-refractivity contribution in [3.8, 4) is 5.75 Å². The zero-order valence-electron chi connectivity index (χ0n) is 12.2. The van der Waals surface area contributed by atoms with E-state index in [-0.39, 0.29) is 5.97 Å². The molecule has 0 aromatic heterocycles. The van der Waals surface area contributed by atoms with Crippen LogP contribution < -0.4 is 10.5 Å². The van der Waals surface area contributed by atoms with E-state index in [0.29, 0.717) is 17.9 Å². The predicted octanol–water partition coefficient (Wildman–Crippen LogP) is 3.56. The summed E-state index contributed by atoms with van der Waals surface area (Å²) in [5.74, 6) is 0.191. The van der Waals surface area contributed by atoms with Crippen LogP contribution in [0.5, 0.6) is 5.75 Å². The number of rotatable bonds is 4. The number of carbonyl (C=O) groups excluding carboxylic acids is 1. The Morgan fingerprint density at radius 1 is 0.909 bits per heavy atom. The van der Waals surface area contributed by atoms with Crippen molar-refractivity contribution in [3.63, 3.8) is 0 Å². The van der Waals surface area contributed by atoms with E-state index >= 15 is 0 Å². The highest BCUT2D eigenvalue weighted by atomic mass is 16.5. The molecule has 0 fully saturated rings. The first-order valence-corrected chi connectivity index (χ1v) is 7.26. The van der Waals surface area contributed by atoms with Crippen LogP contribution in [0.3, 0.4) is 0 Å². The highest BCUT2D eigenvalue weighted by Crippen LogP contribution is 2.18. The number of ether oxygens (including phenoxy) is 1. The molecule has 0 saturated carbocycles. The van der Waals surface area contributed by atoms with Crippen LogP contribution in [0.15, 0.2) is 66.7 Å². The van der Waals surface area contributed by atoms with Gasteiger partial charge in [0.25, 0.3) is 0 Å². The van der Waals surface area contributed by atoms with Gasteiger partial charge in [-0.3, -0.25) is 0 Å². The van der Waals surface area contributed by atoms with Gasteiger partial charge in [-0.15, -0.1) is 0 Å². The minimum atomic E-state index is -0.350. The third-order valence-corrected chi connectivity index (χ3v) is 3.55. The molecule has 22 heavy (non-hydrogen) atoms. The van der Waals surface area contributed by atoms with Gasteiger partial charge in [-0.2, -0.15) is 0 Å². The van der Waals surface area contributed by atoms with Crippen LogP contribution in [0.1, 0.15) is 15.9 Å². The molecule has 2 N–H and O–H groups in total. The standard InChI is InChI=1S/C19H17NO2/c20-12-11-14-5-9-18(10-6-14)22-19(21)17-8-7-15-3-1-2-4-16(15)13-17/h1-10,13H,11-12,20H2. The highest BCUT2D eigenvalue weighted by Gasteiger charge is 2.09. The average molecular weight is 291 g/mol. The monoisotopic (exact) mass is 291 g/mol. The summed E-state index contributed by atoms with van der Waals surface area (Å²) in [6.07, 6.45) is 0.818. The minimum absolute atomic E-state index is 0.350. The molecule has 3 nitrogen and oxygen atoms in total. The second-order valence-electron chi connectivity index (χ2n) is 5.13. The fraction of sp³-hybridized carbons (Fsp3) is 0.105. The molecule has 0 amide bonds. The zero-order chi connectivity index (χ0) is 15.4. The van der Waals surface area contributed by atoms with Crippen molar-refractivity contribution in [1.29, 1.82) is 0 Å². The van der Waals surface area contributed by atoms with Crippen molar-refractivity contribution < 1.29 is 9.53 Å². The molecule has 110 valence electrons. The summed E-state index contributed by atoms with van der Waals surface area (Å²) < 4.78 is 5.41. The van der Waals surface area contributed by atoms with Crippen LogP contribution in [0.25, 0.3) is 10.8 Å². The van der Waals surface area contributed by atoms with Gasteiger partial charge in [-0.05, 0) is 53.6 Å². The second-order valence-corrected chi connectivity index (χ2v) is 5.13. The lowest BCUT2D eigenvalue weighted by atomic mass is 10.1. The summed E-state index contributed by atoms with van der Waals surface area (Å²) in [6.45, 7) is 0.607. The maximum absolute atomic E-state index is 12.2. The molecule has 3 aromatic carbocycles. The number of hydrogen-bond donors (Lipinski definition) is 1. The smallest absolute Gasteiger partial charge is 0.343 e. The summed E-state index contributed by atoms with van der Waals surface area (Å²) in [5, 5.41) is 2.13. The lowest BCUT2D eigenvalue weighted by molar-refractivity contribution is 0.0735. The fourth-order valence-corrected chi connectivity index (χ4v) is 2.37. The summed E-state index contributed by atoms with van der Waals surface area (Å²) in [6, 6.07) is 20.9. The van der Waals surface area contributed by atoms with Crippen LogP contribution >= 0.6 is 0 Å². The van der Waals surface area contributed by atoms with E-state index < -0.39 is 0 Å². The Kier molecular flexibility index (Phi) is 4.17. The Bertz CT molecular complexity index is 794. The third kappa shape index (κ3) is 3.15. The van der Waals surface area contributed by atoms with E-state index in [4.69, 9.17) is 10.5 Å². The van der Waals surface area contributed by atoms with E-state index in [0.717, 1.165) is 22.8 Å². The molecule has 0 aliphatic heterocycles. The molecular weight excluding hydrogens is 274 g/mol. The summed E-state index contributed by atoms with van der Waals surface area (Å²) in [7, 11) is 0. The lowest BCUT2D eigenvalue weighted by Gasteiger charge is -2.06. The molecule has 0 radical (unpaired) electrons. The molecule has 0 aliphatic carbocycles. The van der Waals surface area contributed by atoms with Crippen molar-refractivity contribution in [1.82, 2.24) is 0 Å². The first-order chi connectivity index (χ1) is 10.8. The number of carbonyl (C=O) groups is 1. The molecule has 0 atom stereocenters. The van der Waals surface area contributed by atoms with Crippen LogP contribution in [0.4, 0.5) is 0 Å². The van der Waals surface area contributed by atoms with Crippen molar-refractivity contribution in [2.75, 3.05) is 6.54 Å². The van der Waals surface area contributed by atoms with Gasteiger partial charge in [0.05, 0.1) is 5.56 Å². The maximum atomic E-state index is 12.2. The van der Waals surface area contributed by atoms with Crippen LogP contribution in [-0.2, 0) is 6.42 Å². The van der Waals surface area contributed by atoms with Gasteiger partial charge in [0, 0.05) is 0 Å². The number of nitrogens with two attached hydrogens (primary N) is 1. The predicted molar refractivity (Wildman–Crippen MR) is 88.1 cm³/mol. The zero-order valence-corrected chi connectivity index (χ0v) is 12.2. The average Bonchev–Trinajstić information content (AvgIpc) is 2.56. The van der Waals surface area contributed by atoms with Crippen LogP contribution in [0.2, 0.25) is 0 Å². The van der Waals surface area contributed by atoms with Crippen molar-refractivity contribution in [2.45, 2.75) is 6.42 Å². The molecule has 0 unspecified atom stereocenters. The van der Waals surface area contributed by atoms with Gasteiger partial charge in [0.1, 0.15) is 5.75 Å². The van der Waals surface area contributed by atoms with E-state index in [1.54, 1.807) is 18.2 Å². The van der Waals surface area contributed by atoms with Crippen LogP contribution in [-0.4, -0.2) is 12.5 Å². The van der Waals surface area contributed by atoms with E-state index in [2.05, 4.69) is 0 Å². The van der Waals surface area contributed by atoms with Crippen molar-refractivity contribution >= 4 is 16.7 Å². The molecule has 0 spiro atoms. The molecule has 3 heteroatoms. The first-order valence-electron chi connectivity index (χ1n) is 7.26. The number of fused-ring (bicyclic) bond motifs is 1. The lowest BCUT2D eigenvalue weighted by Crippen LogP contribution is -2.08. The molecule has 0 aliphatic rings. The molecule has 3 aromatic rings. The number of benzene rings is 3. The third-order valence-electron chi connectivity index (χ3n) is 3.55. The molecule has 3 rings (SSSR count). The Hall–Kier alpha value is -2.65. The summed E-state index contributed by atoms with van der Waals surface area (Å²) >= 11 is 0. The number of esters is 1. The van der Waals surface area contributed by atoms with Gasteiger partial charge in [-0.25, -0.2) is 4.79 Å². The van der Waals surface area contributed by atoms with Gasteiger partial charge in [0.15, 0.2) is 0 Å². The minimum Gasteiger partial charge on any atom is -0.423 e. The molecule has 0 bridgehead atoms.